The Labute approximate surface area is 129 Å². The Morgan fingerprint density at radius 1 is 1.30 bits per heavy atom. The first-order chi connectivity index (χ1) is 9.56. The van der Waals surface area contributed by atoms with Crippen molar-refractivity contribution in [2.24, 2.45) is 4.99 Å². The van der Waals surface area contributed by atoms with Gasteiger partial charge in [0.15, 0.2) is 0 Å². The number of nitrogens with zero attached hydrogens (tertiary/aromatic N) is 1. The molecular weight excluding hydrogens is 288 g/mol. The maximum Gasteiger partial charge on any atom is 0.237 e. The molecule has 5 heteroatoms. The molecule has 108 valence electrons. The summed E-state index contributed by atoms with van der Waals surface area (Å²) in [4.78, 5) is 16.5. The number of hydrogen-bond donors (Lipinski definition) is 1. The third-order valence-corrected chi connectivity index (χ3v) is 5.35. The van der Waals surface area contributed by atoms with E-state index in [0.717, 1.165) is 22.4 Å². The van der Waals surface area contributed by atoms with Gasteiger partial charge in [-0.1, -0.05) is 49.5 Å². The van der Waals surface area contributed by atoms with E-state index in [1.165, 1.54) is 5.56 Å². The maximum atomic E-state index is 12.1. The molecule has 0 radical (unpaired) electrons. The summed E-state index contributed by atoms with van der Waals surface area (Å²) in [5.74, 6) is 1.57. The van der Waals surface area contributed by atoms with E-state index >= 15 is 0 Å². The second-order valence-electron chi connectivity index (χ2n) is 5.02. The summed E-state index contributed by atoms with van der Waals surface area (Å²) in [5, 5.41) is 2.84. The molecule has 1 aliphatic rings. The van der Waals surface area contributed by atoms with Crippen LogP contribution in [0.4, 0.5) is 5.69 Å². The summed E-state index contributed by atoms with van der Waals surface area (Å²) in [6.45, 7) is 7.11. The predicted molar refractivity (Wildman–Crippen MR) is 91.0 cm³/mol. The number of aliphatic imine (C=N–C) groups is 1. The van der Waals surface area contributed by atoms with Crippen molar-refractivity contribution < 1.29 is 4.79 Å². The first-order valence-corrected chi connectivity index (χ1v) is 8.67. The highest BCUT2D eigenvalue weighted by Gasteiger charge is 2.18. The maximum absolute atomic E-state index is 12.1. The van der Waals surface area contributed by atoms with Crippen LogP contribution in [0.2, 0.25) is 0 Å². The highest BCUT2D eigenvalue weighted by atomic mass is 32.2. The summed E-state index contributed by atoms with van der Waals surface area (Å²) >= 11 is 3.28. The van der Waals surface area contributed by atoms with Crippen LogP contribution in [0.25, 0.3) is 0 Å². The molecule has 0 spiro atoms. The van der Waals surface area contributed by atoms with Crippen LogP contribution < -0.4 is 5.32 Å². The quantitative estimate of drug-likeness (QED) is 0.915. The van der Waals surface area contributed by atoms with Crippen molar-refractivity contribution in [1.82, 2.24) is 0 Å². The smallest absolute Gasteiger partial charge is 0.237 e. The van der Waals surface area contributed by atoms with Crippen molar-refractivity contribution in [1.29, 1.82) is 0 Å². The van der Waals surface area contributed by atoms with E-state index in [4.69, 9.17) is 0 Å². The van der Waals surface area contributed by atoms with Gasteiger partial charge in [0.05, 0.1) is 11.8 Å². The highest BCUT2D eigenvalue weighted by molar-refractivity contribution is 8.39. The molecule has 2 rings (SSSR count). The van der Waals surface area contributed by atoms with Crippen molar-refractivity contribution in [3.05, 3.63) is 29.8 Å². The minimum atomic E-state index is -0.121. The van der Waals surface area contributed by atoms with Gasteiger partial charge in [-0.15, -0.1) is 0 Å². The zero-order valence-corrected chi connectivity index (χ0v) is 13.7. The molecule has 1 unspecified atom stereocenters. The molecule has 1 atom stereocenters. The second kappa shape index (κ2) is 7.18. The van der Waals surface area contributed by atoms with Crippen LogP contribution in [0.5, 0.6) is 0 Å². The lowest BCUT2D eigenvalue weighted by molar-refractivity contribution is -0.115. The fourth-order valence-corrected chi connectivity index (χ4v) is 3.92. The fraction of sp³-hybridized carbons (Fsp3) is 0.467. The van der Waals surface area contributed by atoms with Gasteiger partial charge in [-0.2, -0.15) is 0 Å². The zero-order chi connectivity index (χ0) is 14.5. The third-order valence-electron chi connectivity index (χ3n) is 3.05. The van der Waals surface area contributed by atoms with Gasteiger partial charge in [-0.05, 0) is 30.5 Å². The van der Waals surface area contributed by atoms with Gasteiger partial charge in [-0.3, -0.25) is 9.79 Å². The lowest BCUT2D eigenvalue weighted by atomic mass is 10.0. The number of carbonyl (C=O) groups is 1. The van der Waals surface area contributed by atoms with Crippen molar-refractivity contribution in [3.8, 4) is 0 Å². The van der Waals surface area contributed by atoms with Gasteiger partial charge in [0.25, 0.3) is 0 Å². The number of amides is 1. The first-order valence-electron chi connectivity index (χ1n) is 6.81. The molecule has 1 N–H and O–H groups in total. The van der Waals surface area contributed by atoms with Crippen LogP contribution in [0.1, 0.15) is 32.3 Å². The van der Waals surface area contributed by atoms with Gasteiger partial charge in [0.2, 0.25) is 5.91 Å². The molecule has 0 aliphatic carbocycles. The Bertz CT molecular complexity index is 497. The molecule has 1 aliphatic heterocycles. The van der Waals surface area contributed by atoms with Gasteiger partial charge >= 0.3 is 0 Å². The van der Waals surface area contributed by atoms with Crippen molar-refractivity contribution >= 4 is 39.5 Å². The standard InChI is InChI=1S/C15H20N2OS2/c1-10(2)12-4-6-13(7-5-12)17-14(18)11(3)20-15-16-8-9-19-15/h4-7,10-11H,8-9H2,1-3H3,(H,17,18). The average molecular weight is 308 g/mol. The predicted octanol–water partition coefficient (Wildman–Crippen LogP) is 3.97. The molecule has 1 amide bonds. The van der Waals surface area contributed by atoms with Crippen molar-refractivity contribution in [3.63, 3.8) is 0 Å². The van der Waals surface area contributed by atoms with E-state index in [0.29, 0.717) is 5.92 Å². The largest absolute Gasteiger partial charge is 0.325 e. The molecule has 0 fully saturated rings. The molecule has 1 aromatic rings. The number of carbonyl (C=O) groups excluding carboxylic acids is 1. The minimum Gasteiger partial charge on any atom is -0.325 e. The number of rotatable bonds is 4. The van der Waals surface area contributed by atoms with Crippen LogP contribution >= 0.6 is 23.5 Å². The molecular formula is C15H20N2OS2. The zero-order valence-electron chi connectivity index (χ0n) is 12.1. The minimum absolute atomic E-state index is 0.0301. The Morgan fingerprint density at radius 3 is 2.55 bits per heavy atom. The van der Waals surface area contributed by atoms with E-state index in [-0.39, 0.29) is 11.2 Å². The van der Waals surface area contributed by atoms with Crippen LogP contribution in [-0.4, -0.2) is 27.8 Å². The highest BCUT2D eigenvalue weighted by Crippen LogP contribution is 2.26. The number of anilines is 1. The van der Waals surface area contributed by atoms with Gasteiger partial charge < -0.3 is 5.32 Å². The Kier molecular flexibility index (Phi) is 5.54. The summed E-state index contributed by atoms with van der Waals surface area (Å²) in [6.07, 6.45) is 0. The average Bonchev–Trinajstić information content (AvgIpc) is 2.92. The molecule has 0 saturated carbocycles. The van der Waals surface area contributed by atoms with Crippen LogP contribution in [-0.2, 0) is 4.79 Å². The number of benzene rings is 1. The lowest BCUT2D eigenvalue weighted by Crippen LogP contribution is -2.23. The van der Waals surface area contributed by atoms with E-state index < -0.39 is 0 Å². The van der Waals surface area contributed by atoms with E-state index in [9.17, 15) is 4.79 Å². The Hall–Kier alpha value is -0.940. The van der Waals surface area contributed by atoms with Crippen molar-refractivity contribution in [2.45, 2.75) is 31.9 Å². The van der Waals surface area contributed by atoms with Crippen LogP contribution in [0, 0.1) is 0 Å². The Balaban J connectivity index is 1.89. The summed E-state index contributed by atoms with van der Waals surface area (Å²) in [5.41, 5.74) is 2.13. The third kappa shape index (κ3) is 4.28. The van der Waals surface area contributed by atoms with E-state index in [2.05, 4.69) is 36.3 Å². The van der Waals surface area contributed by atoms with Gasteiger partial charge in [-0.25, -0.2) is 0 Å². The Morgan fingerprint density at radius 2 is 2.00 bits per heavy atom. The molecule has 20 heavy (non-hydrogen) atoms. The summed E-state index contributed by atoms with van der Waals surface area (Å²) < 4.78 is 1.03. The summed E-state index contributed by atoms with van der Waals surface area (Å²) in [6, 6.07) is 8.06. The van der Waals surface area contributed by atoms with Crippen molar-refractivity contribution in [2.75, 3.05) is 17.6 Å². The van der Waals surface area contributed by atoms with Crippen LogP contribution in [0.3, 0.4) is 0 Å². The van der Waals surface area contributed by atoms with Gasteiger partial charge in [0, 0.05) is 11.4 Å². The molecule has 0 aromatic heterocycles. The molecule has 0 bridgehead atoms. The number of nitrogens with one attached hydrogen (secondary N) is 1. The molecule has 3 nitrogen and oxygen atoms in total. The molecule has 1 aromatic carbocycles. The number of hydrogen-bond acceptors (Lipinski definition) is 4. The molecule has 1 heterocycles. The summed E-state index contributed by atoms with van der Waals surface area (Å²) in [7, 11) is 0. The van der Waals surface area contributed by atoms with E-state index in [1.807, 2.05) is 19.1 Å². The SMILES string of the molecule is CC(SC1=NCCS1)C(=O)Nc1ccc(C(C)C)cc1. The van der Waals surface area contributed by atoms with E-state index in [1.54, 1.807) is 23.5 Å². The lowest BCUT2D eigenvalue weighted by Gasteiger charge is -2.12. The normalized spacial score (nSPS) is 16.1. The topological polar surface area (TPSA) is 41.5 Å². The fourth-order valence-electron chi connectivity index (χ4n) is 1.79. The molecule has 0 saturated heterocycles. The van der Waals surface area contributed by atoms with Gasteiger partial charge in [0.1, 0.15) is 4.38 Å². The monoisotopic (exact) mass is 308 g/mol. The second-order valence-corrected chi connectivity index (χ2v) is 7.69. The first kappa shape index (κ1) is 15.4. The van der Waals surface area contributed by atoms with Crippen LogP contribution in [0.15, 0.2) is 29.3 Å². The number of thioether (sulfide) groups is 2.